The Morgan fingerprint density at radius 1 is 1.21 bits per heavy atom. The molecule has 2 N–H and O–H groups in total. The summed E-state index contributed by atoms with van der Waals surface area (Å²) in [6.45, 7) is -1.12. The molecular weight excluding hydrogens is 384 g/mol. The molecule has 124 valence electrons. The Kier molecular flexibility index (Phi) is 4.48. The fourth-order valence-corrected chi connectivity index (χ4v) is 2.57. The van der Waals surface area contributed by atoms with Gasteiger partial charge in [0.25, 0.3) is 5.89 Å². The van der Waals surface area contributed by atoms with E-state index in [0.29, 0.717) is 21.5 Å². The molecule has 0 aliphatic carbocycles. The monoisotopic (exact) mass is 395 g/mol. The second-order valence-corrected chi connectivity index (χ2v) is 5.88. The first kappa shape index (κ1) is 16.4. The summed E-state index contributed by atoms with van der Waals surface area (Å²) in [4.78, 5) is 4.28. The minimum Gasteiger partial charge on any atom is -0.434 e. The minimum atomic E-state index is -2.96. The van der Waals surface area contributed by atoms with Crippen molar-refractivity contribution in [2.45, 2.75) is 13.5 Å². The van der Waals surface area contributed by atoms with Gasteiger partial charge in [0.05, 0.1) is 5.56 Å². The van der Waals surface area contributed by atoms with Crippen molar-refractivity contribution in [3.05, 3.63) is 46.4 Å². The van der Waals surface area contributed by atoms with Crippen LogP contribution in [0.4, 0.5) is 14.5 Å². The van der Waals surface area contributed by atoms with Crippen molar-refractivity contribution in [3.63, 3.8) is 0 Å². The maximum Gasteiger partial charge on any atom is 0.387 e. The number of alkyl halides is 2. The predicted molar refractivity (Wildman–Crippen MR) is 88.7 cm³/mol. The van der Waals surface area contributed by atoms with E-state index in [1.807, 2.05) is 6.92 Å². The van der Waals surface area contributed by atoms with Gasteiger partial charge >= 0.3 is 6.61 Å². The van der Waals surface area contributed by atoms with E-state index >= 15 is 0 Å². The van der Waals surface area contributed by atoms with Gasteiger partial charge in [-0.1, -0.05) is 33.2 Å². The lowest BCUT2D eigenvalue weighted by Gasteiger charge is -2.08. The number of hydrogen-bond acceptors (Lipinski definition) is 5. The van der Waals surface area contributed by atoms with E-state index < -0.39 is 6.61 Å². The van der Waals surface area contributed by atoms with Crippen molar-refractivity contribution in [1.82, 2.24) is 10.1 Å². The lowest BCUT2D eigenvalue weighted by molar-refractivity contribution is -0.0495. The van der Waals surface area contributed by atoms with E-state index in [0.717, 1.165) is 5.56 Å². The second kappa shape index (κ2) is 6.56. The van der Waals surface area contributed by atoms with Gasteiger partial charge in [-0.15, -0.1) is 0 Å². The van der Waals surface area contributed by atoms with Crippen LogP contribution in [0.25, 0.3) is 22.8 Å². The molecule has 0 spiro atoms. The summed E-state index contributed by atoms with van der Waals surface area (Å²) in [5, 5.41) is 3.91. The molecule has 0 bridgehead atoms. The second-order valence-electron chi connectivity index (χ2n) is 4.96. The third-order valence-corrected chi connectivity index (χ3v) is 3.92. The van der Waals surface area contributed by atoms with E-state index in [9.17, 15) is 8.78 Å². The zero-order valence-electron chi connectivity index (χ0n) is 12.5. The zero-order valence-corrected chi connectivity index (χ0v) is 14.0. The van der Waals surface area contributed by atoms with E-state index in [-0.39, 0.29) is 17.2 Å². The number of ether oxygens (including phenoxy) is 1. The molecule has 24 heavy (non-hydrogen) atoms. The van der Waals surface area contributed by atoms with Gasteiger partial charge in [0.1, 0.15) is 5.75 Å². The Balaban J connectivity index is 2.05. The molecule has 0 aliphatic rings. The fourth-order valence-electron chi connectivity index (χ4n) is 2.21. The molecule has 0 amide bonds. The Bertz CT molecular complexity index is 884. The van der Waals surface area contributed by atoms with Gasteiger partial charge in [-0.05, 0) is 36.8 Å². The van der Waals surface area contributed by atoms with Crippen molar-refractivity contribution < 1.29 is 18.0 Å². The molecule has 3 aromatic rings. The number of nitrogens with two attached hydrogens (primary N) is 1. The number of rotatable bonds is 4. The Labute approximate surface area is 144 Å². The van der Waals surface area contributed by atoms with Crippen LogP contribution in [0.2, 0.25) is 0 Å². The average molecular weight is 396 g/mol. The topological polar surface area (TPSA) is 74.2 Å². The van der Waals surface area contributed by atoms with Crippen LogP contribution < -0.4 is 10.5 Å². The molecule has 0 unspecified atom stereocenters. The normalized spacial score (nSPS) is 11.0. The predicted octanol–water partition coefficient (Wildman–Crippen LogP) is 4.66. The summed E-state index contributed by atoms with van der Waals surface area (Å²) in [5.41, 5.74) is 8.26. The fraction of sp³-hybridized carbons (Fsp3) is 0.125. The first-order chi connectivity index (χ1) is 11.5. The molecule has 5 nitrogen and oxygen atoms in total. The molecular formula is C16H12BrF2N3O2. The smallest absolute Gasteiger partial charge is 0.387 e. The quantitative estimate of drug-likeness (QED) is 0.650. The number of anilines is 1. The van der Waals surface area contributed by atoms with Crippen LogP contribution in [0.15, 0.2) is 45.4 Å². The van der Waals surface area contributed by atoms with E-state index in [1.54, 1.807) is 30.3 Å². The molecule has 1 aromatic heterocycles. The summed E-state index contributed by atoms with van der Waals surface area (Å²) < 4.78 is 35.5. The van der Waals surface area contributed by atoms with Crippen LogP contribution in [0.1, 0.15) is 5.56 Å². The van der Waals surface area contributed by atoms with Crippen molar-refractivity contribution in [3.8, 4) is 28.6 Å². The van der Waals surface area contributed by atoms with Crippen LogP contribution in [0, 0.1) is 6.92 Å². The van der Waals surface area contributed by atoms with Crippen molar-refractivity contribution in [1.29, 1.82) is 0 Å². The molecule has 3 rings (SSSR count). The number of aromatic nitrogens is 2. The largest absolute Gasteiger partial charge is 0.434 e. The molecule has 0 saturated heterocycles. The lowest BCUT2D eigenvalue weighted by atomic mass is 10.1. The SMILES string of the molecule is Cc1c(N)cccc1-c1noc(-c2cc(Br)ccc2OC(F)F)n1. The van der Waals surface area contributed by atoms with Crippen LogP contribution in [-0.4, -0.2) is 16.8 Å². The van der Waals surface area contributed by atoms with Crippen LogP contribution in [0.5, 0.6) is 5.75 Å². The van der Waals surface area contributed by atoms with E-state index in [2.05, 4.69) is 30.8 Å². The molecule has 0 fully saturated rings. The summed E-state index contributed by atoms with van der Waals surface area (Å²) in [6, 6.07) is 9.90. The van der Waals surface area contributed by atoms with Crippen molar-refractivity contribution >= 4 is 21.6 Å². The Morgan fingerprint density at radius 3 is 2.75 bits per heavy atom. The van der Waals surface area contributed by atoms with E-state index in [4.69, 9.17) is 10.3 Å². The van der Waals surface area contributed by atoms with Gasteiger partial charge in [0.2, 0.25) is 5.82 Å². The molecule has 0 atom stereocenters. The third kappa shape index (κ3) is 3.23. The van der Waals surface area contributed by atoms with Crippen LogP contribution in [-0.2, 0) is 0 Å². The highest BCUT2D eigenvalue weighted by Gasteiger charge is 2.19. The number of benzene rings is 2. The Morgan fingerprint density at radius 2 is 2.00 bits per heavy atom. The number of nitrogen functional groups attached to an aromatic ring is 1. The summed E-state index contributed by atoms with van der Waals surface area (Å²) in [7, 11) is 0. The van der Waals surface area contributed by atoms with Crippen molar-refractivity contribution in [2.24, 2.45) is 0 Å². The average Bonchev–Trinajstić information content (AvgIpc) is 3.01. The zero-order chi connectivity index (χ0) is 17.3. The Hall–Kier alpha value is -2.48. The first-order valence-electron chi connectivity index (χ1n) is 6.89. The first-order valence-corrected chi connectivity index (χ1v) is 7.69. The van der Waals surface area contributed by atoms with E-state index in [1.165, 1.54) is 6.07 Å². The molecule has 2 aromatic carbocycles. The highest BCUT2D eigenvalue weighted by Crippen LogP contribution is 2.34. The summed E-state index contributed by atoms with van der Waals surface area (Å²) in [6.07, 6.45) is 0. The highest BCUT2D eigenvalue weighted by molar-refractivity contribution is 9.10. The van der Waals surface area contributed by atoms with Gasteiger partial charge in [-0.3, -0.25) is 0 Å². The van der Waals surface area contributed by atoms with Crippen molar-refractivity contribution in [2.75, 3.05) is 5.73 Å². The standard InChI is InChI=1S/C16H12BrF2N3O2/c1-8-10(3-2-4-12(8)20)14-21-15(24-22-14)11-7-9(17)5-6-13(11)23-16(18)19/h2-7,16H,20H2,1H3. The van der Waals surface area contributed by atoms with Gasteiger partial charge in [0.15, 0.2) is 0 Å². The molecule has 1 heterocycles. The van der Waals surface area contributed by atoms with Crippen LogP contribution >= 0.6 is 15.9 Å². The summed E-state index contributed by atoms with van der Waals surface area (Å²) in [5.74, 6) is 0.342. The molecule has 0 aliphatic heterocycles. The van der Waals surface area contributed by atoms with Gasteiger partial charge in [-0.2, -0.15) is 13.8 Å². The summed E-state index contributed by atoms with van der Waals surface area (Å²) >= 11 is 3.28. The maximum atomic E-state index is 12.6. The molecule has 0 saturated carbocycles. The third-order valence-electron chi connectivity index (χ3n) is 3.43. The maximum absolute atomic E-state index is 12.6. The molecule has 8 heteroatoms. The molecule has 0 radical (unpaired) electrons. The van der Waals surface area contributed by atoms with Gasteiger partial charge < -0.3 is 15.0 Å². The number of halogens is 3. The van der Waals surface area contributed by atoms with Gasteiger partial charge in [0, 0.05) is 15.7 Å². The number of hydrogen-bond donors (Lipinski definition) is 1. The lowest BCUT2D eigenvalue weighted by Crippen LogP contribution is -2.03. The van der Waals surface area contributed by atoms with Gasteiger partial charge in [-0.25, -0.2) is 0 Å². The van der Waals surface area contributed by atoms with Crippen LogP contribution in [0.3, 0.4) is 0 Å². The minimum absolute atomic E-state index is 0.0484. The number of nitrogens with zero attached hydrogens (tertiary/aromatic N) is 2. The highest BCUT2D eigenvalue weighted by atomic mass is 79.9.